The van der Waals surface area contributed by atoms with Crippen LogP contribution in [0.2, 0.25) is 0 Å². The van der Waals surface area contributed by atoms with Crippen LogP contribution in [0.25, 0.3) is 11.1 Å². The highest BCUT2D eigenvalue weighted by molar-refractivity contribution is 5.72. The zero-order valence-electron chi connectivity index (χ0n) is 18.4. The smallest absolute Gasteiger partial charge is 0.387 e. The van der Waals surface area contributed by atoms with Crippen molar-refractivity contribution >= 4 is 17.5 Å². The highest BCUT2D eigenvalue weighted by atomic mass is 19.3. The topological polar surface area (TPSA) is 72.4 Å². The van der Waals surface area contributed by atoms with Crippen LogP contribution in [-0.2, 0) is 0 Å². The molecule has 1 N–H and O–H groups in total. The van der Waals surface area contributed by atoms with E-state index >= 15 is 0 Å². The third-order valence-electron chi connectivity index (χ3n) is 4.75. The number of halogens is 2. The Hall–Kier alpha value is -3.49. The van der Waals surface area contributed by atoms with Crippen LogP contribution in [0.3, 0.4) is 0 Å². The maximum atomic E-state index is 12.3. The van der Waals surface area contributed by atoms with Gasteiger partial charge in [0.25, 0.3) is 0 Å². The summed E-state index contributed by atoms with van der Waals surface area (Å²) in [6.45, 7) is 3.05. The molecule has 0 saturated carbocycles. The van der Waals surface area contributed by atoms with Crippen LogP contribution < -0.4 is 19.7 Å². The molecule has 0 spiro atoms. The lowest BCUT2D eigenvalue weighted by atomic mass is 10.1. The Morgan fingerprint density at radius 1 is 1.00 bits per heavy atom. The Kier molecular flexibility index (Phi) is 8.13. The molecule has 170 valence electrons. The summed E-state index contributed by atoms with van der Waals surface area (Å²) in [6.07, 6.45) is 5.65. The predicted molar refractivity (Wildman–Crippen MR) is 121 cm³/mol. The van der Waals surface area contributed by atoms with E-state index in [-0.39, 0.29) is 5.75 Å². The SMILES string of the molecule is CC.COc1ncc(-c2ccc(OC(F)F)cc2)cc1Nc1ccnc(N2CCCC2)n1. The van der Waals surface area contributed by atoms with E-state index in [2.05, 4.69) is 29.9 Å². The molecular weight excluding hydrogens is 416 g/mol. The van der Waals surface area contributed by atoms with Gasteiger partial charge in [-0.1, -0.05) is 26.0 Å². The minimum Gasteiger partial charge on any atom is -0.480 e. The minimum atomic E-state index is -2.85. The van der Waals surface area contributed by atoms with Gasteiger partial charge in [0.15, 0.2) is 0 Å². The van der Waals surface area contributed by atoms with Crippen LogP contribution in [0, 0.1) is 0 Å². The second kappa shape index (κ2) is 11.2. The predicted octanol–water partition coefficient (Wildman–Crippen LogP) is 5.52. The van der Waals surface area contributed by atoms with E-state index < -0.39 is 6.61 Å². The molecule has 0 radical (unpaired) electrons. The van der Waals surface area contributed by atoms with Crippen molar-refractivity contribution in [3.05, 3.63) is 48.8 Å². The van der Waals surface area contributed by atoms with E-state index in [0.29, 0.717) is 23.3 Å². The number of aromatic nitrogens is 3. The van der Waals surface area contributed by atoms with Crippen molar-refractivity contribution < 1.29 is 18.3 Å². The molecule has 0 unspecified atom stereocenters. The highest BCUT2D eigenvalue weighted by Crippen LogP contribution is 2.31. The molecule has 9 heteroatoms. The Morgan fingerprint density at radius 3 is 2.38 bits per heavy atom. The van der Waals surface area contributed by atoms with Gasteiger partial charge in [-0.2, -0.15) is 13.8 Å². The molecule has 2 aromatic heterocycles. The number of rotatable bonds is 7. The quantitative estimate of drug-likeness (QED) is 0.516. The molecule has 1 aromatic carbocycles. The zero-order valence-corrected chi connectivity index (χ0v) is 18.4. The third kappa shape index (κ3) is 5.81. The number of alkyl halides is 2. The molecule has 0 atom stereocenters. The lowest BCUT2D eigenvalue weighted by molar-refractivity contribution is -0.0498. The third-order valence-corrected chi connectivity index (χ3v) is 4.75. The van der Waals surface area contributed by atoms with Gasteiger partial charge in [-0.15, -0.1) is 0 Å². The van der Waals surface area contributed by atoms with Crippen molar-refractivity contribution in [1.82, 2.24) is 15.0 Å². The van der Waals surface area contributed by atoms with E-state index in [9.17, 15) is 8.78 Å². The van der Waals surface area contributed by atoms with E-state index in [1.807, 2.05) is 19.9 Å². The number of methoxy groups -OCH3 is 1. The minimum absolute atomic E-state index is 0.101. The zero-order chi connectivity index (χ0) is 22.9. The number of hydrogen-bond donors (Lipinski definition) is 1. The molecule has 4 rings (SSSR count). The summed E-state index contributed by atoms with van der Waals surface area (Å²) in [5.41, 5.74) is 2.22. The van der Waals surface area contributed by atoms with Gasteiger partial charge in [-0.05, 0) is 42.7 Å². The summed E-state index contributed by atoms with van der Waals surface area (Å²) in [7, 11) is 1.54. The Bertz CT molecular complexity index is 996. The number of anilines is 3. The Morgan fingerprint density at radius 2 is 1.72 bits per heavy atom. The molecule has 3 heterocycles. The summed E-state index contributed by atoms with van der Waals surface area (Å²) in [5, 5.41) is 3.25. The fraction of sp³-hybridized carbons (Fsp3) is 0.348. The Balaban J connectivity index is 0.00000141. The van der Waals surface area contributed by atoms with Crippen molar-refractivity contribution in [2.24, 2.45) is 0 Å². The second-order valence-electron chi connectivity index (χ2n) is 6.74. The number of hydrogen-bond acceptors (Lipinski definition) is 7. The number of pyridine rings is 1. The summed E-state index contributed by atoms with van der Waals surface area (Å²) in [5.74, 6) is 1.83. The van der Waals surface area contributed by atoms with Crippen LogP contribution in [-0.4, -0.2) is 41.8 Å². The molecule has 0 amide bonds. The number of ether oxygens (including phenoxy) is 2. The lowest BCUT2D eigenvalue weighted by Gasteiger charge is -2.16. The van der Waals surface area contributed by atoms with Crippen molar-refractivity contribution in [2.45, 2.75) is 33.3 Å². The average Bonchev–Trinajstić information content (AvgIpc) is 3.36. The monoisotopic (exact) mass is 443 g/mol. The Labute approximate surface area is 186 Å². The van der Waals surface area contributed by atoms with Crippen molar-refractivity contribution in [3.8, 4) is 22.8 Å². The van der Waals surface area contributed by atoms with Crippen LogP contribution in [0.15, 0.2) is 48.8 Å². The lowest BCUT2D eigenvalue weighted by Crippen LogP contribution is -2.20. The molecular formula is C23H27F2N5O2. The number of benzene rings is 1. The summed E-state index contributed by atoms with van der Waals surface area (Å²) >= 11 is 0. The van der Waals surface area contributed by atoms with E-state index in [0.717, 1.165) is 37.1 Å². The second-order valence-corrected chi connectivity index (χ2v) is 6.74. The van der Waals surface area contributed by atoms with E-state index in [4.69, 9.17) is 4.74 Å². The maximum Gasteiger partial charge on any atom is 0.387 e. The van der Waals surface area contributed by atoms with Crippen LogP contribution >= 0.6 is 0 Å². The van der Waals surface area contributed by atoms with Crippen LogP contribution in [0.4, 0.5) is 26.2 Å². The van der Waals surface area contributed by atoms with Gasteiger partial charge in [0, 0.05) is 31.0 Å². The van der Waals surface area contributed by atoms with E-state index in [1.165, 1.54) is 12.1 Å². The van der Waals surface area contributed by atoms with Crippen LogP contribution in [0.5, 0.6) is 11.6 Å². The van der Waals surface area contributed by atoms with E-state index in [1.54, 1.807) is 37.7 Å². The van der Waals surface area contributed by atoms with Gasteiger partial charge in [0.1, 0.15) is 17.3 Å². The molecule has 1 aliphatic heterocycles. The molecule has 1 saturated heterocycles. The first kappa shape index (κ1) is 23.2. The summed E-state index contributed by atoms with van der Waals surface area (Å²) < 4.78 is 34.5. The largest absolute Gasteiger partial charge is 0.480 e. The fourth-order valence-electron chi connectivity index (χ4n) is 3.32. The van der Waals surface area contributed by atoms with Crippen molar-refractivity contribution in [1.29, 1.82) is 0 Å². The highest BCUT2D eigenvalue weighted by Gasteiger charge is 2.16. The van der Waals surface area contributed by atoms with Crippen molar-refractivity contribution in [3.63, 3.8) is 0 Å². The summed E-state index contributed by atoms with van der Waals surface area (Å²) in [6, 6.07) is 10.0. The normalized spacial score (nSPS) is 12.9. The maximum absolute atomic E-state index is 12.3. The fourth-order valence-corrected chi connectivity index (χ4v) is 3.32. The molecule has 1 fully saturated rings. The van der Waals surface area contributed by atoms with Gasteiger partial charge >= 0.3 is 6.61 Å². The molecule has 1 aliphatic rings. The molecule has 0 aliphatic carbocycles. The summed E-state index contributed by atoms with van der Waals surface area (Å²) in [4.78, 5) is 15.5. The van der Waals surface area contributed by atoms with Gasteiger partial charge in [-0.3, -0.25) is 0 Å². The first-order valence-electron chi connectivity index (χ1n) is 10.6. The van der Waals surface area contributed by atoms with Gasteiger partial charge in [-0.25, -0.2) is 9.97 Å². The first-order chi connectivity index (χ1) is 15.6. The number of nitrogens with one attached hydrogen (secondary N) is 1. The standard InChI is InChI=1S/C21H21F2N5O2.C2H6/c1-29-19-17(26-18-8-9-24-21(27-18)28-10-2-3-11-28)12-15(13-25-19)14-4-6-16(7-5-14)30-20(22)23;1-2/h4-9,12-13,20H,2-3,10-11H2,1H3,(H,24,26,27);1-2H3. The molecule has 3 aromatic rings. The van der Waals surface area contributed by atoms with Crippen molar-refractivity contribution in [2.75, 3.05) is 30.4 Å². The van der Waals surface area contributed by atoms with Crippen LogP contribution in [0.1, 0.15) is 26.7 Å². The van der Waals surface area contributed by atoms with Gasteiger partial charge in [0.2, 0.25) is 11.8 Å². The molecule has 0 bridgehead atoms. The van der Waals surface area contributed by atoms with Gasteiger partial charge in [0.05, 0.1) is 7.11 Å². The molecule has 32 heavy (non-hydrogen) atoms. The van der Waals surface area contributed by atoms with Gasteiger partial charge < -0.3 is 19.7 Å². The average molecular weight is 443 g/mol. The first-order valence-corrected chi connectivity index (χ1v) is 10.6. The number of nitrogens with zero attached hydrogens (tertiary/aromatic N) is 4. The molecule has 7 nitrogen and oxygen atoms in total.